The zero-order chi connectivity index (χ0) is 12.5. The molecule has 0 N–H and O–H groups in total. The fourth-order valence-electron chi connectivity index (χ4n) is 2.42. The van der Waals surface area contributed by atoms with Gasteiger partial charge in [-0.1, -0.05) is 48.0 Å². The summed E-state index contributed by atoms with van der Waals surface area (Å²) in [5.74, 6) is -0.205. The van der Waals surface area contributed by atoms with E-state index in [1.807, 2.05) is 30.3 Å². The van der Waals surface area contributed by atoms with Crippen molar-refractivity contribution in [1.82, 2.24) is 0 Å². The van der Waals surface area contributed by atoms with Crippen LogP contribution in [0.3, 0.4) is 0 Å². The van der Waals surface area contributed by atoms with Gasteiger partial charge >= 0.3 is 5.97 Å². The third kappa shape index (κ3) is 1.90. The molecule has 0 aliphatic carbocycles. The quantitative estimate of drug-likeness (QED) is 0.749. The number of fused-ring (bicyclic) bond motifs is 1. The smallest absolute Gasteiger partial charge is 0.339 e. The maximum absolute atomic E-state index is 11.7. The van der Waals surface area contributed by atoms with Crippen molar-refractivity contribution in [2.45, 2.75) is 19.4 Å². The van der Waals surface area contributed by atoms with Crippen molar-refractivity contribution < 1.29 is 9.53 Å². The highest BCUT2D eigenvalue weighted by Gasteiger charge is 2.30. The van der Waals surface area contributed by atoms with E-state index in [1.54, 1.807) is 0 Å². The Kier molecular flexibility index (Phi) is 2.63. The molecule has 0 amide bonds. The molecule has 0 saturated heterocycles. The third-order valence-corrected chi connectivity index (χ3v) is 3.28. The first-order valence-corrected chi connectivity index (χ1v) is 6.09. The van der Waals surface area contributed by atoms with Crippen LogP contribution in [0.2, 0.25) is 0 Å². The predicted molar refractivity (Wildman–Crippen MR) is 69.5 cm³/mol. The predicted octanol–water partition coefficient (Wildman–Crippen LogP) is 3.45. The fourth-order valence-corrected chi connectivity index (χ4v) is 2.42. The van der Waals surface area contributed by atoms with E-state index in [4.69, 9.17) is 4.74 Å². The molecule has 0 bridgehead atoms. The van der Waals surface area contributed by atoms with Gasteiger partial charge in [-0.15, -0.1) is 0 Å². The van der Waals surface area contributed by atoms with Crippen molar-refractivity contribution in [1.29, 1.82) is 0 Å². The van der Waals surface area contributed by atoms with Crippen LogP contribution in [0.1, 0.15) is 33.2 Å². The first kappa shape index (κ1) is 11.0. The van der Waals surface area contributed by atoms with E-state index in [1.165, 1.54) is 11.1 Å². The number of hydrogen-bond donors (Lipinski definition) is 0. The van der Waals surface area contributed by atoms with Gasteiger partial charge in [-0.2, -0.15) is 0 Å². The van der Waals surface area contributed by atoms with Crippen LogP contribution in [0.15, 0.2) is 48.5 Å². The van der Waals surface area contributed by atoms with Crippen LogP contribution in [0.5, 0.6) is 0 Å². The van der Waals surface area contributed by atoms with E-state index in [0.717, 1.165) is 12.0 Å². The minimum atomic E-state index is -0.205. The first-order valence-electron chi connectivity index (χ1n) is 6.09. The van der Waals surface area contributed by atoms with Crippen LogP contribution >= 0.6 is 0 Å². The van der Waals surface area contributed by atoms with E-state index in [9.17, 15) is 4.79 Å². The number of benzene rings is 2. The average molecular weight is 238 g/mol. The van der Waals surface area contributed by atoms with E-state index < -0.39 is 0 Å². The Labute approximate surface area is 106 Å². The van der Waals surface area contributed by atoms with Gasteiger partial charge in [0.05, 0.1) is 5.56 Å². The topological polar surface area (TPSA) is 26.3 Å². The van der Waals surface area contributed by atoms with E-state index in [0.29, 0.717) is 5.56 Å². The summed E-state index contributed by atoms with van der Waals surface area (Å²) in [6.07, 6.45) is 0.597. The van der Waals surface area contributed by atoms with Crippen LogP contribution < -0.4 is 0 Å². The minimum absolute atomic E-state index is 0.143. The second kappa shape index (κ2) is 4.30. The molecule has 0 aromatic heterocycles. The van der Waals surface area contributed by atoms with Crippen LogP contribution in [0.25, 0.3) is 0 Å². The molecule has 1 aliphatic rings. The molecule has 1 aliphatic heterocycles. The van der Waals surface area contributed by atoms with Crippen LogP contribution in [0.4, 0.5) is 0 Å². The lowest BCUT2D eigenvalue weighted by Crippen LogP contribution is -2.02. The lowest BCUT2D eigenvalue weighted by atomic mass is 9.99. The van der Waals surface area contributed by atoms with Crippen molar-refractivity contribution in [2.24, 2.45) is 0 Å². The molecule has 0 spiro atoms. The van der Waals surface area contributed by atoms with E-state index >= 15 is 0 Å². The summed E-state index contributed by atoms with van der Waals surface area (Å²) >= 11 is 0. The molecule has 0 fully saturated rings. The highest BCUT2D eigenvalue weighted by atomic mass is 16.5. The second-order valence-electron chi connectivity index (χ2n) is 4.67. The monoisotopic (exact) mass is 238 g/mol. The van der Waals surface area contributed by atoms with Crippen LogP contribution in [-0.2, 0) is 11.2 Å². The van der Waals surface area contributed by atoms with Gasteiger partial charge in [0.15, 0.2) is 0 Å². The van der Waals surface area contributed by atoms with Crippen LogP contribution in [-0.4, -0.2) is 5.97 Å². The van der Waals surface area contributed by atoms with Crippen molar-refractivity contribution in [2.75, 3.05) is 0 Å². The Morgan fingerprint density at radius 3 is 2.78 bits per heavy atom. The molecule has 18 heavy (non-hydrogen) atoms. The Bertz CT molecular complexity index is 602. The molecule has 1 unspecified atom stereocenters. The summed E-state index contributed by atoms with van der Waals surface area (Å²) in [7, 11) is 0. The molecule has 90 valence electrons. The van der Waals surface area contributed by atoms with Crippen molar-refractivity contribution in [3.63, 3.8) is 0 Å². The van der Waals surface area contributed by atoms with Gasteiger partial charge in [0, 0.05) is 12.0 Å². The van der Waals surface area contributed by atoms with Gasteiger partial charge in [-0.3, -0.25) is 0 Å². The molecule has 0 radical (unpaired) electrons. The Hall–Kier alpha value is -2.09. The highest BCUT2D eigenvalue weighted by Crippen LogP contribution is 2.32. The number of carbonyl (C=O) groups excluding carboxylic acids is 1. The van der Waals surface area contributed by atoms with Gasteiger partial charge in [0.1, 0.15) is 6.10 Å². The summed E-state index contributed by atoms with van der Waals surface area (Å²) in [4.78, 5) is 11.7. The van der Waals surface area contributed by atoms with E-state index in [-0.39, 0.29) is 12.1 Å². The van der Waals surface area contributed by atoms with Gasteiger partial charge in [0.2, 0.25) is 0 Å². The Morgan fingerprint density at radius 1 is 1.11 bits per heavy atom. The van der Waals surface area contributed by atoms with Crippen LogP contribution in [0, 0.1) is 6.92 Å². The van der Waals surface area contributed by atoms with Gasteiger partial charge in [0.25, 0.3) is 0 Å². The molecule has 0 saturated carbocycles. The maximum Gasteiger partial charge on any atom is 0.339 e. The fraction of sp³-hybridized carbons (Fsp3) is 0.188. The standard InChI is InChI=1S/C16H14O2/c1-11-5-4-6-12(9-11)10-15-13-7-2-3-8-14(13)16(17)18-15/h2-9,15H,10H2,1H3. The van der Waals surface area contributed by atoms with E-state index in [2.05, 4.69) is 25.1 Å². The molecule has 1 heterocycles. The summed E-state index contributed by atoms with van der Waals surface area (Å²) in [5, 5.41) is 0. The summed E-state index contributed by atoms with van der Waals surface area (Å²) in [6, 6.07) is 15.9. The van der Waals surface area contributed by atoms with Gasteiger partial charge in [-0.25, -0.2) is 4.79 Å². The lowest BCUT2D eigenvalue weighted by Gasteiger charge is -2.11. The van der Waals surface area contributed by atoms with Gasteiger partial charge in [-0.05, 0) is 18.6 Å². The third-order valence-electron chi connectivity index (χ3n) is 3.28. The summed E-state index contributed by atoms with van der Waals surface area (Å²) in [5.41, 5.74) is 4.13. The zero-order valence-corrected chi connectivity index (χ0v) is 10.2. The molecule has 2 aromatic rings. The van der Waals surface area contributed by atoms with Crippen molar-refractivity contribution in [3.05, 3.63) is 70.8 Å². The molecular weight excluding hydrogens is 224 g/mol. The molecule has 2 nitrogen and oxygen atoms in total. The molecule has 2 aromatic carbocycles. The normalized spacial score (nSPS) is 17.4. The summed E-state index contributed by atoms with van der Waals surface area (Å²) < 4.78 is 5.44. The molecule has 1 atom stereocenters. The van der Waals surface area contributed by atoms with Crippen molar-refractivity contribution >= 4 is 5.97 Å². The lowest BCUT2D eigenvalue weighted by molar-refractivity contribution is 0.0387. The number of esters is 1. The largest absolute Gasteiger partial charge is 0.454 e. The number of carbonyl (C=O) groups is 1. The average Bonchev–Trinajstić information content (AvgIpc) is 2.67. The molecular formula is C16H14O2. The Balaban J connectivity index is 1.90. The number of cyclic esters (lactones) is 1. The van der Waals surface area contributed by atoms with Gasteiger partial charge < -0.3 is 4.74 Å². The zero-order valence-electron chi connectivity index (χ0n) is 10.2. The maximum atomic E-state index is 11.7. The molecule has 2 heteroatoms. The number of hydrogen-bond acceptors (Lipinski definition) is 2. The van der Waals surface area contributed by atoms with Crippen molar-refractivity contribution in [3.8, 4) is 0 Å². The number of aryl methyl sites for hydroxylation is 1. The number of ether oxygens (including phenoxy) is 1. The minimum Gasteiger partial charge on any atom is -0.454 e. The number of rotatable bonds is 2. The SMILES string of the molecule is Cc1cccc(CC2OC(=O)c3ccccc32)c1. The summed E-state index contributed by atoms with van der Waals surface area (Å²) in [6.45, 7) is 2.07. The second-order valence-corrected chi connectivity index (χ2v) is 4.67. The molecule has 3 rings (SSSR count). The highest BCUT2D eigenvalue weighted by molar-refractivity contribution is 5.94. The first-order chi connectivity index (χ1) is 8.74. The Morgan fingerprint density at radius 2 is 1.94 bits per heavy atom.